The molecule has 2 N–H and O–H groups in total. The van der Waals surface area contributed by atoms with Gasteiger partial charge in [0.15, 0.2) is 0 Å². The number of aliphatic carboxylic acids is 2. The molecule has 0 bridgehead atoms. The molecule has 0 aliphatic rings. The van der Waals surface area contributed by atoms with Gasteiger partial charge in [0, 0.05) is 23.3 Å². The highest BCUT2D eigenvalue weighted by atomic mass is 16.5. The molecule has 8 heteroatoms. The Morgan fingerprint density at radius 2 is 0.906 bits per heavy atom. The summed E-state index contributed by atoms with van der Waals surface area (Å²) < 4.78 is 9.65. The Kier molecular flexibility index (Phi) is 21.3. The highest BCUT2D eigenvalue weighted by molar-refractivity contribution is 5.98. The molecule has 0 aliphatic heterocycles. The monoisotopic (exact) mass is 456 g/mol. The van der Waals surface area contributed by atoms with Crippen molar-refractivity contribution in [3.8, 4) is 0 Å². The van der Waals surface area contributed by atoms with Gasteiger partial charge in [-0.3, -0.25) is 0 Å². The molecule has 184 valence electrons. The van der Waals surface area contributed by atoms with Gasteiger partial charge in [0.1, 0.15) is 0 Å². The molecule has 0 fully saturated rings. The summed E-state index contributed by atoms with van der Waals surface area (Å²) in [5.41, 5.74) is 0.144. The van der Waals surface area contributed by atoms with E-state index in [1.165, 1.54) is 0 Å². The van der Waals surface area contributed by atoms with Crippen LogP contribution >= 0.6 is 0 Å². The van der Waals surface area contributed by atoms with Gasteiger partial charge in [0.05, 0.1) is 13.2 Å². The number of carboxylic acid groups (broad SMARTS) is 2. The van der Waals surface area contributed by atoms with Crippen molar-refractivity contribution in [2.24, 2.45) is 0 Å². The van der Waals surface area contributed by atoms with E-state index in [2.05, 4.69) is 0 Å². The molecule has 0 aliphatic carbocycles. The molecule has 0 aromatic carbocycles. The van der Waals surface area contributed by atoms with Crippen molar-refractivity contribution < 1.29 is 38.9 Å². The second-order valence-corrected chi connectivity index (χ2v) is 7.15. The van der Waals surface area contributed by atoms with Gasteiger partial charge in [-0.15, -0.1) is 0 Å². The number of rotatable bonds is 16. The Morgan fingerprint density at radius 1 is 0.594 bits per heavy atom. The van der Waals surface area contributed by atoms with Crippen LogP contribution < -0.4 is 0 Å². The standard InChI is InChI=1S/2C12H20O4/c1-3-5-9-15-11(13)7-8-12(14)16-10-6-4-2;1-3-5-7-9(11(13)14)10(12(15)16)8-6-4-2/h7-8H,3-6,9-10H2,1-2H3;3-8H2,1-2H3,(H,13,14)(H,15,16)/b8-7-;10-9-. The number of carboxylic acids is 2. The molecule has 32 heavy (non-hydrogen) atoms. The van der Waals surface area contributed by atoms with Crippen LogP contribution in [0.3, 0.4) is 0 Å². The van der Waals surface area contributed by atoms with Gasteiger partial charge in [-0.05, 0) is 38.5 Å². The zero-order chi connectivity index (χ0) is 24.8. The van der Waals surface area contributed by atoms with Gasteiger partial charge in [-0.25, -0.2) is 19.2 Å². The molecule has 0 spiro atoms. The average molecular weight is 457 g/mol. The first-order valence-corrected chi connectivity index (χ1v) is 11.4. The third-order valence-electron chi connectivity index (χ3n) is 4.28. The molecule has 0 aromatic rings. The van der Waals surface area contributed by atoms with Crippen molar-refractivity contribution in [1.29, 1.82) is 0 Å². The number of hydrogen-bond donors (Lipinski definition) is 2. The highest BCUT2D eigenvalue weighted by Crippen LogP contribution is 2.18. The first-order valence-electron chi connectivity index (χ1n) is 11.4. The minimum absolute atomic E-state index is 0.0720. The number of carbonyl (C=O) groups excluding carboxylic acids is 2. The van der Waals surface area contributed by atoms with E-state index in [1.54, 1.807) is 0 Å². The second kappa shape index (κ2) is 21.6. The van der Waals surface area contributed by atoms with Crippen LogP contribution in [-0.4, -0.2) is 47.3 Å². The lowest BCUT2D eigenvalue weighted by Crippen LogP contribution is -2.11. The fourth-order valence-electron chi connectivity index (χ4n) is 2.35. The molecule has 0 atom stereocenters. The second-order valence-electron chi connectivity index (χ2n) is 7.15. The summed E-state index contributed by atoms with van der Waals surface area (Å²) in [7, 11) is 0. The number of esters is 2. The lowest BCUT2D eigenvalue weighted by molar-refractivity contribution is -0.140. The highest BCUT2D eigenvalue weighted by Gasteiger charge is 2.18. The van der Waals surface area contributed by atoms with Gasteiger partial charge >= 0.3 is 23.9 Å². The van der Waals surface area contributed by atoms with Crippen molar-refractivity contribution in [3.63, 3.8) is 0 Å². The zero-order valence-corrected chi connectivity index (χ0v) is 20.0. The van der Waals surface area contributed by atoms with Crippen molar-refractivity contribution in [1.82, 2.24) is 0 Å². The normalized spacial score (nSPS) is 11.2. The Bertz CT molecular complexity index is 567. The van der Waals surface area contributed by atoms with Gasteiger partial charge < -0.3 is 19.7 Å². The third kappa shape index (κ3) is 18.2. The van der Waals surface area contributed by atoms with Crippen LogP contribution in [0, 0.1) is 0 Å². The van der Waals surface area contributed by atoms with Gasteiger partial charge in [0.2, 0.25) is 0 Å². The lowest BCUT2D eigenvalue weighted by Gasteiger charge is -2.08. The van der Waals surface area contributed by atoms with E-state index in [1.807, 2.05) is 27.7 Å². The SMILES string of the molecule is CCCC/C(C(=O)O)=C(\CCCC)C(=O)O.CCCCOC(=O)/C=C\C(=O)OCCCC. The Hall–Kier alpha value is -2.64. The average Bonchev–Trinajstić information content (AvgIpc) is 2.75. The first kappa shape index (κ1) is 31.5. The summed E-state index contributed by atoms with van der Waals surface area (Å²) in [4.78, 5) is 44.1. The molecular formula is C24H40O8. The van der Waals surface area contributed by atoms with E-state index in [4.69, 9.17) is 19.7 Å². The molecule has 0 aromatic heterocycles. The maximum absolute atomic E-state index is 11.0. The molecule has 8 nitrogen and oxygen atoms in total. The Labute approximate surface area is 191 Å². The van der Waals surface area contributed by atoms with E-state index in [9.17, 15) is 19.2 Å². The Morgan fingerprint density at radius 3 is 1.16 bits per heavy atom. The van der Waals surface area contributed by atoms with E-state index in [-0.39, 0.29) is 11.1 Å². The lowest BCUT2D eigenvalue weighted by atomic mass is 9.98. The van der Waals surface area contributed by atoms with E-state index in [0.29, 0.717) is 38.9 Å². The number of unbranched alkanes of at least 4 members (excludes halogenated alkanes) is 4. The molecular weight excluding hydrogens is 416 g/mol. The molecule has 0 amide bonds. The van der Waals surface area contributed by atoms with Crippen LogP contribution in [0.5, 0.6) is 0 Å². The van der Waals surface area contributed by atoms with Crippen molar-refractivity contribution in [3.05, 3.63) is 23.3 Å². The van der Waals surface area contributed by atoms with Gasteiger partial charge in [-0.1, -0.05) is 53.4 Å². The number of carbonyl (C=O) groups is 4. The molecule has 0 saturated heterocycles. The summed E-state index contributed by atoms with van der Waals surface area (Å²) >= 11 is 0. The van der Waals surface area contributed by atoms with Crippen LogP contribution in [-0.2, 0) is 28.7 Å². The minimum Gasteiger partial charge on any atom is -0.478 e. The van der Waals surface area contributed by atoms with Gasteiger partial charge in [-0.2, -0.15) is 0 Å². The van der Waals surface area contributed by atoms with Crippen LogP contribution in [0.15, 0.2) is 23.3 Å². The van der Waals surface area contributed by atoms with Crippen molar-refractivity contribution in [2.75, 3.05) is 13.2 Å². The van der Waals surface area contributed by atoms with Crippen LogP contribution in [0.1, 0.15) is 91.9 Å². The van der Waals surface area contributed by atoms with Crippen LogP contribution in [0.2, 0.25) is 0 Å². The van der Waals surface area contributed by atoms with E-state index >= 15 is 0 Å². The predicted molar refractivity (Wildman–Crippen MR) is 122 cm³/mol. The largest absolute Gasteiger partial charge is 0.478 e. The summed E-state index contributed by atoms with van der Waals surface area (Å²) in [6.45, 7) is 8.70. The number of hydrogen-bond acceptors (Lipinski definition) is 6. The van der Waals surface area contributed by atoms with Gasteiger partial charge in [0.25, 0.3) is 0 Å². The van der Waals surface area contributed by atoms with Crippen LogP contribution in [0.25, 0.3) is 0 Å². The minimum atomic E-state index is -1.10. The summed E-state index contributed by atoms with van der Waals surface area (Å²) in [5, 5.41) is 18.0. The summed E-state index contributed by atoms with van der Waals surface area (Å²) in [6.07, 6.45) is 9.64. The topological polar surface area (TPSA) is 127 Å². The predicted octanol–water partition coefficient (Wildman–Crippen LogP) is 5.06. The van der Waals surface area contributed by atoms with Crippen molar-refractivity contribution >= 4 is 23.9 Å². The van der Waals surface area contributed by atoms with E-state index < -0.39 is 23.9 Å². The van der Waals surface area contributed by atoms with E-state index in [0.717, 1.165) is 50.7 Å². The smallest absolute Gasteiger partial charge is 0.332 e. The molecule has 0 heterocycles. The van der Waals surface area contributed by atoms with Crippen LogP contribution in [0.4, 0.5) is 0 Å². The molecule has 0 unspecified atom stereocenters. The summed E-state index contributed by atoms with van der Waals surface area (Å²) in [5.74, 6) is -3.19. The maximum atomic E-state index is 11.0. The maximum Gasteiger partial charge on any atom is 0.332 e. The molecule has 0 saturated carbocycles. The third-order valence-corrected chi connectivity index (χ3v) is 4.28. The fraction of sp³-hybridized carbons (Fsp3) is 0.667. The fourth-order valence-corrected chi connectivity index (χ4v) is 2.35. The zero-order valence-electron chi connectivity index (χ0n) is 20.0. The first-order chi connectivity index (χ1) is 15.2. The Balaban J connectivity index is 0. The molecule has 0 rings (SSSR count). The summed E-state index contributed by atoms with van der Waals surface area (Å²) in [6, 6.07) is 0. The van der Waals surface area contributed by atoms with Crippen molar-refractivity contribution in [2.45, 2.75) is 91.9 Å². The quantitative estimate of drug-likeness (QED) is 0.187. The number of ether oxygens (including phenoxy) is 2. The molecule has 0 radical (unpaired) electrons.